The first-order valence-corrected chi connectivity index (χ1v) is 9.03. The van der Waals surface area contributed by atoms with Gasteiger partial charge in [-0.3, -0.25) is 14.8 Å². The molecule has 0 aromatic heterocycles. The van der Waals surface area contributed by atoms with Crippen molar-refractivity contribution in [2.45, 2.75) is 25.9 Å². The first-order valence-electron chi connectivity index (χ1n) is 9.03. The summed E-state index contributed by atoms with van der Waals surface area (Å²) in [7, 11) is 0. The summed E-state index contributed by atoms with van der Waals surface area (Å²) in [4.78, 5) is 9.68. The average molecular weight is 479 g/mol. The van der Waals surface area contributed by atoms with Gasteiger partial charge in [-0.1, -0.05) is 6.07 Å². The van der Waals surface area contributed by atoms with Crippen LogP contribution in [0.3, 0.4) is 0 Å². The van der Waals surface area contributed by atoms with Gasteiger partial charge in [0.15, 0.2) is 5.96 Å². The van der Waals surface area contributed by atoms with Crippen LogP contribution < -0.4 is 10.6 Å². The van der Waals surface area contributed by atoms with Crippen molar-refractivity contribution in [2.24, 2.45) is 4.99 Å². The molecule has 8 heteroatoms. The first kappa shape index (κ1) is 21.3. The minimum atomic E-state index is -0.564. The Morgan fingerprint density at radius 1 is 1.27 bits per heavy atom. The van der Waals surface area contributed by atoms with Crippen LogP contribution in [-0.4, -0.2) is 67.6 Å². The molecule has 0 spiro atoms. The third-order valence-corrected chi connectivity index (χ3v) is 4.98. The van der Waals surface area contributed by atoms with Gasteiger partial charge in [-0.15, -0.1) is 24.0 Å². The van der Waals surface area contributed by atoms with Gasteiger partial charge in [0, 0.05) is 56.9 Å². The number of guanidine groups is 1. The van der Waals surface area contributed by atoms with Crippen molar-refractivity contribution < 1.29 is 8.78 Å². The van der Waals surface area contributed by atoms with E-state index in [9.17, 15) is 8.78 Å². The number of benzene rings is 1. The lowest BCUT2D eigenvalue weighted by Gasteiger charge is -2.47. The predicted octanol–water partition coefficient (Wildman–Crippen LogP) is 2.20. The van der Waals surface area contributed by atoms with Gasteiger partial charge in [-0.05, 0) is 19.9 Å². The minimum Gasteiger partial charge on any atom is -0.357 e. The number of rotatable bonds is 5. The zero-order chi connectivity index (χ0) is 17.8. The van der Waals surface area contributed by atoms with Gasteiger partial charge < -0.3 is 10.6 Å². The molecule has 5 nitrogen and oxygen atoms in total. The normalized spacial score (nSPS) is 26.2. The zero-order valence-corrected chi connectivity index (χ0v) is 17.7. The molecule has 3 heterocycles. The summed E-state index contributed by atoms with van der Waals surface area (Å²) in [5, 5.41) is 6.43. The fraction of sp³-hybridized carbons (Fsp3) is 0.611. The lowest BCUT2D eigenvalue weighted by molar-refractivity contribution is 0.0174. The number of piperazine rings is 3. The second kappa shape index (κ2) is 9.80. The molecule has 0 amide bonds. The monoisotopic (exact) mass is 479 g/mol. The molecule has 1 aromatic carbocycles. The fourth-order valence-electron chi connectivity index (χ4n) is 3.55. The Balaban J connectivity index is 0.00000243. The molecule has 4 rings (SSSR count). The summed E-state index contributed by atoms with van der Waals surface area (Å²) in [6.07, 6.45) is 0. The van der Waals surface area contributed by atoms with Crippen LogP contribution in [0, 0.1) is 11.6 Å². The van der Waals surface area contributed by atoms with Crippen LogP contribution in [0.4, 0.5) is 8.78 Å². The smallest absolute Gasteiger partial charge is 0.191 e. The Hall–Kier alpha value is -1.00. The highest BCUT2D eigenvalue weighted by Gasteiger charge is 2.31. The van der Waals surface area contributed by atoms with Crippen LogP contribution in [0.15, 0.2) is 23.2 Å². The van der Waals surface area contributed by atoms with E-state index >= 15 is 0 Å². The lowest BCUT2D eigenvalue weighted by atomic mass is 10.1. The van der Waals surface area contributed by atoms with Crippen LogP contribution in [0.1, 0.15) is 25.5 Å². The van der Waals surface area contributed by atoms with E-state index < -0.39 is 11.6 Å². The molecule has 1 aromatic rings. The summed E-state index contributed by atoms with van der Waals surface area (Å²) in [5.41, 5.74) is 0.429. The second-order valence-electron chi connectivity index (χ2n) is 6.74. The summed E-state index contributed by atoms with van der Waals surface area (Å²) < 4.78 is 27.1. The van der Waals surface area contributed by atoms with Crippen molar-refractivity contribution in [2.75, 3.05) is 45.8 Å². The Kier molecular flexibility index (Phi) is 8.03. The van der Waals surface area contributed by atoms with Gasteiger partial charge in [0.25, 0.3) is 0 Å². The Morgan fingerprint density at radius 3 is 2.58 bits per heavy atom. The maximum Gasteiger partial charge on any atom is 0.191 e. The van der Waals surface area contributed by atoms with Crippen LogP contribution in [0.5, 0.6) is 0 Å². The van der Waals surface area contributed by atoms with Crippen molar-refractivity contribution in [3.63, 3.8) is 0 Å². The number of halogens is 3. The Bertz CT molecular complexity index is 620. The minimum absolute atomic E-state index is 0. The molecule has 0 radical (unpaired) electrons. The van der Waals surface area contributed by atoms with Gasteiger partial charge >= 0.3 is 0 Å². The van der Waals surface area contributed by atoms with Crippen LogP contribution in [0.25, 0.3) is 0 Å². The van der Waals surface area contributed by atoms with Gasteiger partial charge in [-0.2, -0.15) is 0 Å². The number of nitrogens with one attached hydrogen (secondary N) is 2. The second-order valence-corrected chi connectivity index (χ2v) is 6.74. The maximum absolute atomic E-state index is 14.0. The molecule has 0 saturated carbocycles. The number of hydrogen-bond donors (Lipinski definition) is 2. The maximum atomic E-state index is 14.0. The quantitative estimate of drug-likeness (QED) is 0.386. The number of nitrogens with zero attached hydrogens (tertiary/aromatic N) is 3. The molecule has 2 bridgehead atoms. The molecule has 0 aliphatic carbocycles. The van der Waals surface area contributed by atoms with Crippen LogP contribution >= 0.6 is 24.0 Å². The topological polar surface area (TPSA) is 42.9 Å². The van der Waals surface area contributed by atoms with Crippen molar-refractivity contribution in [1.29, 1.82) is 0 Å². The third kappa shape index (κ3) is 5.26. The highest BCUT2D eigenvalue weighted by atomic mass is 127. The van der Waals surface area contributed by atoms with E-state index in [0.717, 1.165) is 45.3 Å². The summed E-state index contributed by atoms with van der Waals surface area (Å²) in [6, 6.07) is 3.81. The van der Waals surface area contributed by atoms with Crippen LogP contribution in [-0.2, 0) is 0 Å². The molecular weight excluding hydrogens is 451 g/mol. The molecular formula is C18H28F2IN5. The van der Waals surface area contributed by atoms with Crippen LogP contribution in [0.2, 0.25) is 0 Å². The summed E-state index contributed by atoms with van der Waals surface area (Å²) >= 11 is 0. The molecule has 3 fully saturated rings. The number of hydrogen-bond acceptors (Lipinski definition) is 3. The molecule has 3 aliphatic heterocycles. The molecule has 26 heavy (non-hydrogen) atoms. The Labute approximate surface area is 171 Å². The molecule has 2 N–H and O–H groups in total. The van der Waals surface area contributed by atoms with E-state index in [1.165, 1.54) is 12.1 Å². The van der Waals surface area contributed by atoms with E-state index in [4.69, 9.17) is 4.99 Å². The van der Waals surface area contributed by atoms with Crippen molar-refractivity contribution >= 4 is 29.9 Å². The zero-order valence-electron chi connectivity index (χ0n) is 15.3. The van der Waals surface area contributed by atoms with Crippen molar-refractivity contribution in [1.82, 2.24) is 20.4 Å². The molecule has 2 unspecified atom stereocenters. The molecule has 3 saturated heterocycles. The highest BCUT2D eigenvalue weighted by Crippen LogP contribution is 2.18. The molecule has 146 valence electrons. The van der Waals surface area contributed by atoms with Gasteiger partial charge in [0.2, 0.25) is 0 Å². The molecule has 2 atom stereocenters. The SMILES string of the molecule is CCNC(=NCC1CN2CCN1CC2)NC(C)c1ccc(F)cc1F.I. The van der Waals surface area contributed by atoms with Crippen molar-refractivity contribution in [3.8, 4) is 0 Å². The van der Waals surface area contributed by atoms with Gasteiger partial charge in [0.05, 0.1) is 12.6 Å². The highest BCUT2D eigenvalue weighted by molar-refractivity contribution is 14.0. The summed E-state index contributed by atoms with van der Waals surface area (Å²) in [6.45, 7) is 10.9. The van der Waals surface area contributed by atoms with E-state index in [1.807, 2.05) is 13.8 Å². The predicted molar refractivity (Wildman–Crippen MR) is 111 cm³/mol. The lowest BCUT2D eigenvalue weighted by Crippen LogP contribution is -2.62. The largest absolute Gasteiger partial charge is 0.357 e. The van der Waals surface area contributed by atoms with E-state index in [2.05, 4.69) is 20.4 Å². The third-order valence-electron chi connectivity index (χ3n) is 4.98. The van der Waals surface area contributed by atoms with Crippen molar-refractivity contribution in [3.05, 3.63) is 35.4 Å². The fourth-order valence-corrected chi connectivity index (χ4v) is 3.55. The van der Waals surface area contributed by atoms with Gasteiger partial charge in [-0.25, -0.2) is 8.78 Å². The van der Waals surface area contributed by atoms with E-state index in [-0.39, 0.29) is 30.0 Å². The Morgan fingerprint density at radius 2 is 2.00 bits per heavy atom. The molecule has 3 aliphatic rings. The average Bonchev–Trinajstić information content (AvgIpc) is 2.60. The number of fused-ring (bicyclic) bond motifs is 3. The van der Waals surface area contributed by atoms with E-state index in [1.54, 1.807) is 0 Å². The summed E-state index contributed by atoms with van der Waals surface area (Å²) in [5.74, 6) is -0.443. The number of aliphatic imine (C=N–C) groups is 1. The van der Waals surface area contributed by atoms with E-state index in [0.29, 0.717) is 24.1 Å². The standard InChI is InChI=1S/C18H27F2N5.HI/c1-3-21-18(22-11-15-12-24-6-8-25(15)9-7-24)23-13(2)16-5-4-14(19)10-17(16)20;/h4-5,10,13,15H,3,6-9,11-12H2,1-2H3,(H2,21,22,23);1H. The van der Waals surface area contributed by atoms with Gasteiger partial charge in [0.1, 0.15) is 11.6 Å². The first-order chi connectivity index (χ1) is 12.1.